The molecule has 1 aliphatic heterocycles. The fraction of sp³-hybridized carbons (Fsp3) is 0.500. The van der Waals surface area contributed by atoms with Crippen molar-refractivity contribution in [1.29, 1.82) is 0 Å². The maximum Gasteiger partial charge on any atom is 0.416 e. The number of halogens is 3. The van der Waals surface area contributed by atoms with Crippen molar-refractivity contribution >= 4 is 5.96 Å². The Morgan fingerprint density at radius 1 is 1.28 bits per heavy atom. The smallest absolute Gasteiger partial charge is 0.357 e. The number of nitrogens with one attached hydrogen (secondary N) is 2. The van der Waals surface area contributed by atoms with Gasteiger partial charge in [0.1, 0.15) is 0 Å². The van der Waals surface area contributed by atoms with E-state index in [-0.39, 0.29) is 6.04 Å². The van der Waals surface area contributed by atoms with E-state index in [1.54, 1.807) is 24.7 Å². The molecule has 2 heterocycles. The Morgan fingerprint density at radius 3 is 2.72 bits per heavy atom. The maximum atomic E-state index is 12.7. The van der Waals surface area contributed by atoms with Gasteiger partial charge in [0, 0.05) is 51.2 Å². The van der Waals surface area contributed by atoms with Crippen molar-refractivity contribution in [3.63, 3.8) is 0 Å². The van der Waals surface area contributed by atoms with Crippen molar-refractivity contribution < 1.29 is 13.2 Å². The summed E-state index contributed by atoms with van der Waals surface area (Å²) in [6.07, 6.45) is 2.10. The van der Waals surface area contributed by atoms with Gasteiger partial charge >= 0.3 is 6.18 Å². The minimum Gasteiger partial charge on any atom is -0.357 e. The van der Waals surface area contributed by atoms with E-state index in [1.807, 2.05) is 17.7 Å². The predicted molar refractivity (Wildman–Crippen MR) is 106 cm³/mol. The molecule has 0 bridgehead atoms. The highest BCUT2D eigenvalue weighted by Crippen LogP contribution is 2.29. The molecule has 0 amide bonds. The Morgan fingerprint density at radius 2 is 2.07 bits per heavy atom. The molecule has 9 heteroatoms. The lowest BCUT2D eigenvalue weighted by atomic mass is 10.1. The minimum absolute atomic E-state index is 0.260. The first-order valence-corrected chi connectivity index (χ1v) is 9.83. The molecule has 29 heavy (non-hydrogen) atoms. The first-order valence-electron chi connectivity index (χ1n) is 9.83. The van der Waals surface area contributed by atoms with Crippen molar-refractivity contribution in [3.05, 3.63) is 54.1 Å². The van der Waals surface area contributed by atoms with E-state index in [4.69, 9.17) is 0 Å². The zero-order chi connectivity index (χ0) is 20.7. The van der Waals surface area contributed by atoms with Crippen LogP contribution >= 0.6 is 0 Å². The SMILES string of the molecule is CCNC(=NCCn1ccnc1)NC1CCN(Cc2ccc(C(F)(F)F)cc2)C1. The monoisotopic (exact) mass is 408 g/mol. The zero-order valence-corrected chi connectivity index (χ0v) is 16.5. The average Bonchev–Trinajstić information content (AvgIpc) is 3.34. The van der Waals surface area contributed by atoms with Crippen LogP contribution in [0.5, 0.6) is 0 Å². The average molecular weight is 408 g/mol. The van der Waals surface area contributed by atoms with E-state index in [9.17, 15) is 13.2 Å². The van der Waals surface area contributed by atoms with Crippen LogP contribution in [0.3, 0.4) is 0 Å². The second kappa shape index (κ2) is 9.78. The summed E-state index contributed by atoms with van der Waals surface area (Å²) in [5.74, 6) is 0.786. The van der Waals surface area contributed by atoms with Crippen LogP contribution in [0.2, 0.25) is 0 Å². The van der Waals surface area contributed by atoms with Gasteiger partial charge in [0.15, 0.2) is 5.96 Å². The number of hydrogen-bond donors (Lipinski definition) is 2. The summed E-state index contributed by atoms with van der Waals surface area (Å²) in [7, 11) is 0. The second-order valence-corrected chi connectivity index (χ2v) is 7.12. The summed E-state index contributed by atoms with van der Waals surface area (Å²) in [5.41, 5.74) is 0.281. The van der Waals surface area contributed by atoms with Gasteiger partial charge in [-0.2, -0.15) is 13.2 Å². The van der Waals surface area contributed by atoms with Crippen molar-refractivity contribution in [1.82, 2.24) is 25.1 Å². The largest absolute Gasteiger partial charge is 0.416 e. The van der Waals surface area contributed by atoms with Crippen LogP contribution in [0.1, 0.15) is 24.5 Å². The van der Waals surface area contributed by atoms with Gasteiger partial charge < -0.3 is 15.2 Å². The fourth-order valence-corrected chi connectivity index (χ4v) is 3.36. The second-order valence-electron chi connectivity index (χ2n) is 7.12. The summed E-state index contributed by atoms with van der Waals surface area (Å²) < 4.78 is 40.0. The Labute approximate surface area is 168 Å². The number of likely N-dealkylation sites (tertiary alicyclic amines) is 1. The molecule has 0 saturated carbocycles. The summed E-state index contributed by atoms with van der Waals surface area (Å²) >= 11 is 0. The van der Waals surface area contributed by atoms with E-state index in [2.05, 4.69) is 25.5 Å². The first-order chi connectivity index (χ1) is 13.9. The predicted octanol–water partition coefficient (Wildman–Crippen LogP) is 2.73. The molecule has 1 saturated heterocycles. The molecular formula is C20H27F3N6. The topological polar surface area (TPSA) is 57.5 Å². The standard InChI is InChI=1S/C20H27F3N6/c1-2-25-19(26-9-12-28-11-8-24-15-28)27-18-7-10-29(14-18)13-16-3-5-17(6-4-16)20(21,22)23/h3-6,8,11,15,18H,2,7,9-10,12-14H2,1H3,(H2,25,26,27). The van der Waals surface area contributed by atoms with Crippen LogP contribution < -0.4 is 10.6 Å². The minimum atomic E-state index is -4.29. The molecule has 1 aliphatic rings. The van der Waals surface area contributed by atoms with E-state index in [0.29, 0.717) is 13.1 Å². The van der Waals surface area contributed by atoms with E-state index >= 15 is 0 Å². The summed E-state index contributed by atoms with van der Waals surface area (Å²) in [5, 5.41) is 6.73. The summed E-state index contributed by atoms with van der Waals surface area (Å²) in [4.78, 5) is 10.9. The van der Waals surface area contributed by atoms with Crippen molar-refractivity contribution in [2.75, 3.05) is 26.2 Å². The quantitative estimate of drug-likeness (QED) is 0.547. The number of aliphatic imine (C=N–C) groups is 1. The third-order valence-electron chi connectivity index (χ3n) is 4.83. The molecule has 1 fully saturated rings. The number of aromatic nitrogens is 2. The molecule has 1 unspecified atom stereocenters. The maximum absolute atomic E-state index is 12.7. The van der Waals surface area contributed by atoms with Crippen LogP contribution in [-0.2, 0) is 19.3 Å². The highest BCUT2D eigenvalue weighted by molar-refractivity contribution is 5.80. The molecule has 2 N–H and O–H groups in total. The Bertz CT molecular complexity index is 771. The van der Waals surface area contributed by atoms with Crippen molar-refractivity contribution in [2.45, 2.75) is 38.7 Å². The number of guanidine groups is 1. The molecule has 1 aromatic carbocycles. The highest BCUT2D eigenvalue weighted by atomic mass is 19.4. The van der Waals surface area contributed by atoms with Crippen LogP contribution in [0, 0.1) is 0 Å². The van der Waals surface area contributed by atoms with Gasteiger partial charge in [-0.25, -0.2) is 4.98 Å². The Kier molecular flexibility index (Phi) is 7.13. The van der Waals surface area contributed by atoms with Gasteiger partial charge in [-0.3, -0.25) is 9.89 Å². The van der Waals surface area contributed by atoms with Gasteiger partial charge in [-0.1, -0.05) is 12.1 Å². The van der Waals surface area contributed by atoms with Gasteiger partial charge in [0.2, 0.25) is 0 Å². The van der Waals surface area contributed by atoms with E-state index in [1.165, 1.54) is 0 Å². The summed E-state index contributed by atoms with van der Waals surface area (Å²) in [6.45, 7) is 6.58. The number of imidazole rings is 1. The van der Waals surface area contributed by atoms with E-state index < -0.39 is 11.7 Å². The summed E-state index contributed by atoms with van der Waals surface area (Å²) in [6, 6.07) is 5.68. The van der Waals surface area contributed by atoms with Crippen molar-refractivity contribution in [2.24, 2.45) is 4.99 Å². The lowest BCUT2D eigenvalue weighted by Gasteiger charge is -2.19. The molecule has 2 aromatic rings. The number of benzene rings is 1. The van der Waals surface area contributed by atoms with Crippen molar-refractivity contribution in [3.8, 4) is 0 Å². The molecule has 3 rings (SSSR count). The van der Waals surface area contributed by atoms with Crippen LogP contribution in [0.25, 0.3) is 0 Å². The molecule has 1 atom stereocenters. The molecule has 6 nitrogen and oxygen atoms in total. The third-order valence-corrected chi connectivity index (χ3v) is 4.83. The Balaban J connectivity index is 1.48. The van der Waals surface area contributed by atoms with Crippen LogP contribution in [0.15, 0.2) is 48.0 Å². The lowest BCUT2D eigenvalue weighted by molar-refractivity contribution is -0.137. The first kappa shape index (κ1) is 21.2. The zero-order valence-electron chi connectivity index (χ0n) is 16.5. The normalized spacial score (nSPS) is 18.2. The molecule has 158 valence electrons. The van der Waals surface area contributed by atoms with Gasteiger partial charge in [0.05, 0.1) is 18.4 Å². The Hall–Kier alpha value is -2.55. The lowest BCUT2D eigenvalue weighted by Crippen LogP contribution is -2.44. The fourth-order valence-electron chi connectivity index (χ4n) is 3.36. The molecule has 0 spiro atoms. The van der Waals surface area contributed by atoms with Gasteiger partial charge in [-0.05, 0) is 31.0 Å². The highest BCUT2D eigenvalue weighted by Gasteiger charge is 2.30. The number of alkyl halides is 3. The van der Waals surface area contributed by atoms with E-state index in [0.717, 1.165) is 56.3 Å². The number of nitrogens with zero attached hydrogens (tertiary/aromatic N) is 4. The molecule has 1 aromatic heterocycles. The molecule has 0 aliphatic carbocycles. The third kappa shape index (κ3) is 6.49. The molecular weight excluding hydrogens is 381 g/mol. The number of rotatable bonds is 7. The van der Waals surface area contributed by atoms with Crippen LogP contribution in [0.4, 0.5) is 13.2 Å². The van der Waals surface area contributed by atoms with Gasteiger partial charge in [-0.15, -0.1) is 0 Å². The number of hydrogen-bond acceptors (Lipinski definition) is 3. The molecule has 0 radical (unpaired) electrons. The van der Waals surface area contributed by atoms with Gasteiger partial charge in [0.25, 0.3) is 0 Å². The van der Waals surface area contributed by atoms with Crippen LogP contribution in [-0.4, -0.2) is 52.6 Å².